The topological polar surface area (TPSA) is 265 Å². The van der Waals surface area contributed by atoms with E-state index in [1.165, 1.54) is 0 Å². The molecule has 2 aromatic carbocycles. The molecule has 8 heterocycles. The number of fused-ring (bicyclic) bond motifs is 4. The average molecular weight is 963 g/mol. The highest BCUT2D eigenvalue weighted by molar-refractivity contribution is 6.06. The summed E-state index contributed by atoms with van der Waals surface area (Å²) in [6.07, 6.45) is 8.85. The molecular weight excluding hydrogens is 917 g/mol. The predicted molar refractivity (Wildman–Crippen MR) is 262 cm³/mol. The minimum Gasteiger partial charge on any atom is -0.378 e. The number of hydrogen-bond donors (Lipinski definition) is 4. The van der Waals surface area contributed by atoms with Gasteiger partial charge in [0.05, 0.1) is 48.8 Å². The van der Waals surface area contributed by atoms with Crippen LogP contribution in [0.15, 0.2) is 97.6 Å². The van der Waals surface area contributed by atoms with Gasteiger partial charge in [-0.05, 0) is 85.3 Å². The number of anilines is 2. The zero-order chi connectivity index (χ0) is 49.4. The smallest absolute Gasteiger partial charge is 0.275 e. The number of rotatable bonds is 4. The second-order valence-electron chi connectivity index (χ2n) is 17.6. The Labute approximate surface area is 411 Å². The first kappa shape index (κ1) is 45.8. The first-order chi connectivity index (χ1) is 35.0. The minimum atomic E-state index is -1.30. The maximum atomic E-state index is 13.3. The lowest BCUT2D eigenvalue weighted by molar-refractivity contribution is 0.0298. The van der Waals surface area contributed by atoms with Crippen molar-refractivity contribution in [2.45, 2.75) is 36.9 Å². The number of nitrogens with two attached hydrogens (primary N) is 2. The Hall–Kier alpha value is -8.66. The van der Waals surface area contributed by atoms with Crippen LogP contribution in [0.2, 0.25) is 0 Å². The van der Waals surface area contributed by atoms with Gasteiger partial charge in [-0.1, -0.05) is 35.8 Å². The zero-order valence-corrected chi connectivity index (χ0v) is 38.8. The van der Waals surface area contributed by atoms with Gasteiger partial charge in [-0.2, -0.15) is 20.2 Å². The van der Waals surface area contributed by atoms with Gasteiger partial charge in [-0.25, -0.2) is 19.3 Å². The molecule has 20 heteroatoms. The van der Waals surface area contributed by atoms with Gasteiger partial charge >= 0.3 is 0 Å². The fourth-order valence-corrected chi connectivity index (χ4v) is 9.33. The van der Waals surface area contributed by atoms with Gasteiger partial charge < -0.3 is 41.0 Å². The quantitative estimate of drug-likeness (QED) is 0.185. The van der Waals surface area contributed by atoms with Crippen molar-refractivity contribution >= 4 is 45.5 Å². The molecule has 4 aliphatic rings. The van der Waals surface area contributed by atoms with Crippen molar-refractivity contribution in [1.29, 1.82) is 0 Å². The lowest BCUT2D eigenvalue weighted by Gasteiger charge is -2.26. The molecule has 0 saturated carbocycles. The van der Waals surface area contributed by atoms with Crippen LogP contribution in [-0.2, 0) is 33.5 Å². The summed E-state index contributed by atoms with van der Waals surface area (Å²) in [5.41, 5.74) is 15.5. The molecule has 2 saturated heterocycles. The summed E-state index contributed by atoms with van der Waals surface area (Å²) in [5, 5.41) is 32.9. The third-order valence-electron chi connectivity index (χ3n) is 13.0. The minimum absolute atomic E-state index is 0.0998. The van der Waals surface area contributed by atoms with E-state index in [1.54, 1.807) is 56.1 Å². The van der Waals surface area contributed by atoms with Gasteiger partial charge in [-0.3, -0.25) is 19.6 Å². The molecule has 12 rings (SSSR count). The Morgan fingerprint density at radius 2 is 1.00 bits per heavy atom. The predicted octanol–water partition coefficient (Wildman–Crippen LogP) is 2.90. The number of amides is 2. The third kappa shape index (κ3) is 8.80. The third-order valence-corrected chi connectivity index (χ3v) is 13.0. The Morgan fingerprint density at radius 3 is 1.42 bits per heavy atom. The van der Waals surface area contributed by atoms with E-state index in [2.05, 4.69) is 63.8 Å². The molecule has 0 radical (unpaired) electrons. The van der Waals surface area contributed by atoms with Crippen molar-refractivity contribution in [3.8, 4) is 35.3 Å². The second kappa shape index (κ2) is 18.9. The van der Waals surface area contributed by atoms with E-state index in [0.717, 1.165) is 24.0 Å². The average Bonchev–Trinajstić information content (AvgIpc) is 4.18. The maximum absolute atomic E-state index is 13.3. The van der Waals surface area contributed by atoms with Crippen molar-refractivity contribution in [3.63, 3.8) is 0 Å². The van der Waals surface area contributed by atoms with Crippen LogP contribution in [-0.4, -0.2) is 134 Å². The number of aryl methyl sites for hydroxylation is 2. The summed E-state index contributed by atoms with van der Waals surface area (Å²) in [6.45, 7) is 4.00. The van der Waals surface area contributed by atoms with Gasteiger partial charge in [0.25, 0.3) is 11.8 Å². The largest absolute Gasteiger partial charge is 0.378 e. The molecule has 8 aromatic rings. The number of hydrogen-bond acceptors (Lipinski definition) is 16. The molecule has 20 nitrogen and oxygen atoms in total. The molecule has 2 fully saturated rings. The van der Waals surface area contributed by atoms with Gasteiger partial charge in [-0.15, -0.1) is 0 Å². The number of nitrogen functional groups attached to an aromatic ring is 2. The Bertz CT molecular complexity index is 3330. The van der Waals surface area contributed by atoms with Gasteiger partial charge in [0, 0.05) is 85.0 Å². The molecule has 0 bridgehead atoms. The lowest BCUT2D eigenvalue weighted by atomic mass is 10.0. The molecule has 0 unspecified atom stereocenters. The van der Waals surface area contributed by atoms with Gasteiger partial charge in [0.15, 0.2) is 34.2 Å². The molecule has 6 N–H and O–H groups in total. The zero-order valence-electron chi connectivity index (χ0n) is 38.8. The first-order valence-corrected chi connectivity index (χ1v) is 23.4. The van der Waals surface area contributed by atoms with E-state index in [4.69, 9.17) is 20.9 Å². The van der Waals surface area contributed by atoms with E-state index in [0.29, 0.717) is 133 Å². The van der Waals surface area contributed by atoms with Crippen molar-refractivity contribution in [2.75, 3.05) is 64.1 Å². The molecule has 72 heavy (non-hydrogen) atoms. The van der Waals surface area contributed by atoms with Crippen molar-refractivity contribution < 1.29 is 29.3 Å². The van der Waals surface area contributed by atoms with E-state index in [9.17, 15) is 19.8 Å². The van der Waals surface area contributed by atoms with Crippen LogP contribution < -0.4 is 11.5 Å². The number of pyridine rings is 2. The van der Waals surface area contributed by atoms with E-state index in [-0.39, 0.29) is 23.7 Å². The first-order valence-electron chi connectivity index (χ1n) is 23.4. The molecule has 2 amide bonds. The number of carbonyl (C=O) groups is 2. The monoisotopic (exact) mass is 962 g/mol. The van der Waals surface area contributed by atoms with E-state index >= 15 is 0 Å². The number of benzene rings is 2. The fourth-order valence-electron chi connectivity index (χ4n) is 9.33. The highest BCUT2D eigenvalue weighted by Crippen LogP contribution is 2.36. The summed E-state index contributed by atoms with van der Waals surface area (Å²) in [5.74, 6) is 13.0. The highest BCUT2D eigenvalue weighted by atomic mass is 16.5. The van der Waals surface area contributed by atoms with Gasteiger partial charge in [0.1, 0.15) is 0 Å². The second-order valence-corrected chi connectivity index (χ2v) is 17.6. The number of aliphatic hydroxyl groups is 2. The van der Waals surface area contributed by atoms with Crippen molar-refractivity contribution in [1.82, 2.24) is 59.3 Å². The Balaban J connectivity index is 0.000000156. The molecule has 6 aromatic heterocycles. The summed E-state index contributed by atoms with van der Waals surface area (Å²) in [6, 6.07) is 22.0. The van der Waals surface area contributed by atoms with Crippen molar-refractivity contribution in [2.24, 2.45) is 0 Å². The number of nitrogens with zero attached hydrogens (tertiary/aromatic N) is 12. The lowest BCUT2D eigenvalue weighted by Crippen LogP contribution is -2.41. The number of morpholine rings is 2. The summed E-state index contributed by atoms with van der Waals surface area (Å²) < 4.78 is 13.9. The van der Waals surface area contributed by atoms with Crippen LogP contribution in [0.5, 0.6) is 0 Å². The van der Waals surface area contributed by atoms with Crippen LogP contribution in [0.1, 0.15) is 67.5 Å². The molecule has 360 valence electrons. The van der Waals surface area contributed by atoms with Crippen LogP contribution in [0.4, 0.5) is 11.9 Å². The van der Waals surface area contributed by atoms with Crippen molar-refractivity contribution in [3.05, 3.63) is 143 Å². The summed E-state index contributed by atoms with van der Waals surface area (Å²) >= 11 is 0. The van der Waals surface area contributed by atoms with Crippen LogP contribution >= 0.6 is 0 Å². The Morgan fingerprint density at radius 1 is 0.569 bits per heavy atom. The number of carbonyl (C=O) groups excluding carboxylic acids is 2. The van der Waals surface area contributed by atoms with E-state index < -0.39 is 11.2 Å². The molecule has 2 atom stereocenters. The number of aromatic nitrogens is 10. The number of ether oxygens (including phenoxy) is 2. The molecule has 0 spiro atoms. The summed E-state index contributed by atoms with van der Waals surface area (Å²) in [7, 11) is 0. The van der Waals surface area contributed by atoms with Crippen LogP contribution in [0, 0.1) is 23.7 Å². The summed E-state index contributed by atoms with van der Waals surface area (Å²) in [4.78, 5) is 55.4. The fraction of sp³-hybridized carbons (Fsp3) is 0.269. The Kier molecular flexibility index (Phi) is 12.0. The molecule has 2 aliphatic heterocycles. The van der Waals surface area contributed by atoms with Crippen LogP contribution in [0.3, 0.4) is 0 Å². The highest BCUT2D eigenvalue weighted by Gasteiger charge is 2.38. The molecular formula is C52H46N14O6. The SMILES string of the molecule is Nc1nccc(-n2nc(C(=O)N3CCOCC3)c3ccc(C#C[C@@]4(O)CCc5cccnc54)cc32)n1.Nc1nccc(-n2nc(C(=O)N3CCOCC3)c3ccc(C#C[C@]4(O)CCc5cccnc54)cc32)n1. The standard InChI is InChI=1S/2C26H23N7O3/c2*27-25-29-11-7-21(30-25)33-20-16-17(5-8-26(35)9-6-18-2-1-10-28-23(18)26)3-4-19(20)22(31-33)24(34)32-12-14-36-15-13-32/h2*1-4,7,10-11,16,35H,6,9,12-15H2,(H2,27,29,30)/t2*26-/m10/s1. The molecule has 2 aliphatic carbocycles. The maximum Gasteiger partial charge on any atom is 0.275 e. The normalized spacial score (nSPS) is 19.1. The van der Waals surface area contributed by atoms with Gasteiger partial charge in [0.2, 0.25) is 11.9 Å². The van der Waals surface area contributed by atoms with Crippen LogP contribution in [0.25, 0.3) is 33.4 Å². The van der Waals surface area contributed by atoms with E-state index in [1.807, 2.05) is 60.7 Å².